The lowest BCUT2D eigenvalue weighted by molar-refractivity contribution is -0.384. The van der Waals surface area contributed by atoms with Gasteiger partial charge in [-0.3, -0.25) is 15.1 Å². The number of hydrogen-bond donors (Lipinski definition) is 2. The maximum atomic E-state index is 11.0. The third-order valence-corrected chi connectivity index (χ3v) is 3.47. The number of aromatic carboxylic acids is 1. The maximum Gasteiger partial charge on any atom is 0.337 e. The lowest BCUT2D eigenvalue weighted by Gasteiger charge is -2.10. The van der Waals surface area contributed by atoms with E-state index in [9.17, 15) is 14.9 Å². The summed E-state index contributed by atoms with van der Waals surface area (Å²) in [6, 6.07) is 4.21. The van der Waals surface area contributed by atoms with Crippen LogP contribution >= 0.6 is 27.5 Å². The molecule has 0 unspecified atom stereocenters. The number of anilines is 2. The lowest BCUT2D eigenvalue weighted by Crippen LogP contribution is -2.02. The fraction of sp³-hybridized carbons (Fsp3) is 0. The lowest BCUT2D eigenvalue weighted by atomic mass is 10.2. The average Bonchev–Trinajstić information content (AvgIpc) is 2.42. The van der Waals surface area contributed by atoms with Crippen molar-refractivity contribution in [3.8, 4) is 0 Å². The zero-order valence-corrected chi connectivity index (χ0v) is 12.6. The number of hydrogen-bond acceptors (Lipinski definition) is 5. The van der Waals surface area contributed by atoms with Crippen LogP contribution in [0.25, 0.3) is 0 Å². The highest BCUT2D eigenvalue weighted by molar-refractivity contribution is 9.10. The fourth-order valence-corrected chi connectivity index (χ4v) is 2.22. The third kappa shape index (κ3) is 3.29. The summed E-state index contributed by atoms with van der Waals surface area (Å²) in [5.41, 5.74) is 0.186. The first-order chi connectivity index (χ1) is 9.90. The second-order valence-electron chi connectivity index (χ2n) is 3.90. The van der Waals surface area contributed by atoms with Crippen LogP contribution in [0.2, 0.25) is 5.02 Å². The van der Waals surface area contributed by atoms with E-state index < -0.39 is 10.9 Å². The molecule has 1 aromatic carbocycles. The van der Waals surface area contributed by atoms with Crippen molar-refractivity contribution in [3.05, 3.63) is 55.8 Å². The van der Waals surface area contributed by atoms with Crippen LogP contribution in [0.15, 0.2) is 35.1 Å². The Morgan fingerprint density at radius 2 is 2.14 bits per heavy atom. The van der Waals surface area contributed by atoms with Crippen LogP contribution in [0.5, 0.6) is 0 Å². The van der Waals surface area contributed by atoms with Gasteiger partial charge in [0.05, 0.1) is 20.0 Å². The number of carboxylic acid groups (broad SMARTS) is 1. The van der Waals surface area contributed by atoms with Crippen molar-refractivity contribution in [2.45, 2.75) is 0 Å². The number of carbonyl (C=O) groups is 1. The predicted octanol–water partition coefficient (Wildman–Crippen LogP) is 3.85. The van der Waals surface area contributed by atoms with Gasteiger partial charge in [0.1, 0.15) is 11.9 Å². The van der Waals surface area contributed by atoms with Crippen molar-refractivity contribution < 1.29 is 14.8 Å². The Hall–Kier alpha value is -2.19. The van der Waals surface area contributed by atoms with E-state index in [2.05, 4.69) is 26.2 Å². The first-order valence-corrected chi connectivity index (χ1v) is 6.65. The van der Waals surface area contributed by atoms with Gasteiger partial charge >= 0.3 is 11.7 Å². The van der Waals surface area contributed by atoms with E-state index in [0.717, 1.165) is 6.20 Å². The fourth-order valence-electron chi connectivity index (χ4n) is 1.60. The molecule has 0 bridgehead atoms. The van der Waals surface area contributed by atoms with Gasteiger partial charge in [-0.15, -0.1) is 0 Å². The molecular weight excluding hydrogens is 366 g/mol. The summed E-state index contributed by atoms with van der Waals surface area (Å²) in [4.78, 5) is 25.1. The minimum absolute atomic E-state index is 0.0799. The molecule has 21 heavy (non-hydrogen) atoms. The average molecular weight is 373 g/mol. The molecule has 7 nitrogen and oxygen atoms in total. The number of nitro groups is 1. The van der Waals surface area contributed by atoms with E-state index >= 15 is 0 Å². The molecule has 108 valence electrons. The first-order valence-electron chi connectivity index (χ1n) is 5.48. The molecule has 0 aliphatic heterocycles. The van der Waals surface area contributed by atoms with Gasteiger partial charge in [0.25, 0.3) is 0 Å². The Kier molecular flexibility index (Phi) is 4.39. The summed E-state index contributed by atoms with van der Waals surface area (Å²) in [6.07, 6.45) is 2.49. The molecule has 0 amide bonds. The van der Waals surface area contributed by atoms with Gasteiger partial charge in [-0.05, 0) is 34.1 Å². The molecule has 1 aromatic heterocycles. The number of benzene rings is 1. The molecule has 9 heteroatoms. The number of nitrogens with one attached hydrogen (secondary N) is 1. The summed E-state index contributed by atoms with van der Waals surface area (Å²) in [6.45, 7) is 0. The number of rotatable bonds is 4. The van der Waals surface area contributed by atoms with Crippen LogP contribution in [-0.4, -0.2) is 21.0 Å². The summed E-state index contributed by atoms with van der Waals surface area (Å²) in [5, 5.41) is 22.9. The van der Waals surface area contributed by atoms with E-state index in [4.69, 9.17) is 16.7 Å². The Labute approximate surface area is 131 Å². The highest BCUT2D eigenvalue weighted by Crippen LogP contribution is 2.34. The van der Waals surface area contributed by atoms with Crippen LogP contribution in [0.1, 0.15) is 10.4 Å². The van der Waals surface area contributed by atoms with E-state index in [1.807, 2.05) is 0 Å². The summed E-state index contributed by atoms with van der Waals surface area (Å²) in [7, 11) is 0. The summed E-state index contributed by atoms with van der Waals surface area (Å²) < 4.78 is 0.378. The molecule has 0 saturated heterocycles. The van der Waals surface area contributed by atoms with Crippen LogP contribution < -0.4 is 5.32 Å². The van der Waals surface area contributed by atoms with Crippen molar-refractivity contribution in [3.63, 3.8) is 0 Å². The highest BCUT2D eigenvalue weighted by Gasteiger charge is 2.18. The number of aromatic nitrogens is 1. The molecule has 0 atom stereocenters. The number of pyridine rings is 1. The van der Waals surface area contributed by atoms with Gasteiger partial charge < -0.3 is 10.4 Å². The molecule has 0 saturated carbocycles. The Morgan fingerprint density at radius 3 is 2.76 bits per heavy atom. The molecular formula is C12H7BrClN3O4. The molecule has 0 fully saturated rings. The molecule has 1 heterocycles. The van der Waals surface area contributed by atoms with Crippen molar-refractivity contribution in [1.82, 2.24) is 4.98 Å². The third-order valence-electron chi connectivity index (χ3n) is 2.54. The molecule has 2 rings (SSSR count). The van der Waals surface area contributed by atoms with E-state index in [-0.39, 0.29) is 22.0 Å². The quantitative estimate of drug-likeness (QED) is 0.624. The molecule has 2 aromatic rings. The van der Waals surface area contributed by atoms with Crippen LogP contribution in [0, 0.1) is 10.1 Å². The minimum Gasteiger partial charge on any atom is -0.478 e. The van der Waals surface area contributed by atoms with Gasteiger partial charge in [0.2, 0.25) is 0 Å². The zero-order chi connectivity index (χ0) is 15.6. The summed E-state index contributed by atoms with van der Waals surface area (Å²) in [5.74, 6) is -1.19. The highest BCUT2D eigenvalue weighted by atomic mass is 79.9. The minimum atomic E-state index is -1.19. The topological polar surface area (TPSA) is 105 Å². The molecule has 2 N–H and O–H groups in total. The molecule has 0 spiro atoms. The van der Waals surface area contributed by atoms with Crippen molar-refractivity contribution in [2.24, 2.45) is 0 Å². The number of halogens is 2. The predicted molar refractivity (Wildman–Crippen MR) is 80.3 cm³/mol. The van der Waals surface area contributed by atoms with E-state index in [0.29, 0.717) is 10.2 Å². The van der Waals surface area contributed by atoms with Crippen LogP contribution in [0.3, 0.4) is 0 Å². The molecule has 0 aliphatic carbocycles. The van der Waals surface area contributed by atoms with Crippen LogP contribution in [0.4, 0.5) is 17.1 Å². The van der Waals surface area contributed by atoms with Crippen LogP contribution in [-0.2, 0) is 0 Å². The zero-order valence-electron chi connectivity index (χ0n) is 10.2. The van der Waals surface area contributed by atoms with Crippen molar-refractivity contribution in [1.29, 1.82) is 0 Å². The van der Waals surface area contributed by atoms with Crippen molar-refractivity contribution >= 4 is 50.6 Å². The largest absolute Gasteiger partial charge is 0.478 e. The van der Waals surface area contributed by atoms with E-state index in [1.165, 1.54) is 24.4 Å². The van der Waals surface area contributed by atoms with Gasteiger partial charge in [-0.2, -0.15) is 0 Å². The second-order valence-corrected chi connectivity index (χ2v) is 5.16. The molecule has 0 radical (unpaired) electrons. The Bertz CT molecular complexity index is 738. The monoisotopic (exact) mass is 371 g/mol. The number of nitrogens with zero attached hydrogens (tertiary/aromatic N) is 2. The Morgan fingerprint density at radius 1 is 1.43 bits per heavy atom. The SMILES string of the molecule is O=C(O)c1cc(Nc2c(Br)cncc2[N+](=O)[O-])ccc1Cl. The van der Waals surface area contributed by atoms with Gasteiger partial charge in [-0.25, -0.2) is 4.79 Å². The summed E-state index contributed by atoms with van der Waals surface area (Å²) >= 11 is 8.93. The van der Waals surface area contributed by atoms with Crippen molar-refractivity contribution in [2.75, 3.05) is 5.32 Å². The molecule has 0 aliphatic rings. The Balaban J connectivity index is 2.46. The normalized spacial score (nSPS) is 10.2. The van der Waals surface area contributed by atoms with E-state index in [1.54, 1.807) is 0 Å². The maximum absolute atomic E-state index is 11.0. The number of carboxylic acids is 1. The smallest absolute Gasteiger partial charge is 0.337 e. The van der Waals surface area contributed by atoms with Gasteiger partial charge in [0, 0.05) is 11.9 Å². The standard InChI is InChI=1S/C12H7BrClN3O4/c13-8-4-15-5-10(17(20)21)11(8)16-6-1-2-9(14)7(3-6)12(18)19/h1-5H,(H,15,16)(H,18,19). The second kappa shape index (κ2) is 6.06. The first kappa shape index (κ1) is 15.2. The van der Waals surface area contributed by atoms with Gasteiger partial charge in [0.15, 0.2) is 0 Å². The van der Waals surface area contributed by atoms with Gasteiger partial charge in [-0.1, -0.05) is 11.6 Å².